The highest BCUT2D eigenvalue weighted by Gasteiger charge is 2.28. The van der Waals surface area contributed by atoms with Gasteiger partial charge < -0.3 is 10.1 Å². The molecule has 1 heterocycles. The van der Waals surface area contributed by atoms with Crippen molar-refractivity contribution in [1.29, 1.82) is 0 Å². The van der Waals surface area contributed by atoms with Crippen molar-refractivity contribution in [3.8, 4) is 0 Å². The van der Waals surface area contributed by atoms with Crippen LogP contribution in [0.5, 0.6) is 0 Å². The lowest BCUT2D eigenvalue weighted by Crippen LogP contribution is -2.43. The zero-order valence-electron chi connectivity index (χ0n) is 10.3. The number of likely N-dealkylation sites (N-methyl/N-ethyl adjacent to an activating group) is 1. The number of methoxy groups -OCH3 is 1. The second-order valence-corrected chi connectivity index (χ2v) is 6.47. The van der Waals surface area contributed by atoms with Gasteiger partial charge >= 0.3 is 0 Å². The van der Waals surface area contributed by atoms with Gasteiger partial charge in [-0.25, -0.2) is 8.42 Å². The van der Waals surface area contributed by atoms with E-state index in [1.54, 1.807) is 14.2 Å². The van der Waals surface area contributed by atoms with E-state index in [0.29, 0.717) is 6.61 Å². The van der Waals surface area contributed by atoms with Crippen molar-refractivity contribution in [3.05, 3.63) is 0 Å². The lowest BCUT2D eigenvalue weighted by Gasteiger charge is -2.25. The molecule has 1 rings (SSSR count). The van der Waals surface area contributed by atoms with E-state index >= 15 is 0 Å². The molecule has 1 N–H and O–H groups in total. The predicted octanol–water partition coefficient (Wildman–Crippen LogP) is 0.0349. The van der Waals surface area contributed by atoms with E-state index in [1.165, 1.54) is 4.31 Å². The average Bonchev–Trinajstić information content (AvgIpc) is 2.68. The molecule has 1 fully saturated rings. The lowest BCUT2D eigenvalue weighted by atomic mass is 10.3. The van der Waals surface area contributed by atoms with E-state index in [9.17, 15) is 8.42 Å². The molecule has 2 atom stereocenters. The van der Waals surface area contributed by atoms with Crippen LogP contribution < -0.4 is 5.32 Å². The average molecular weight is 250 g/mol. The van der Waals surface area contributed by atoms with Crippen LogP contribution in [0, 0.1) is 0 Å². The molecule has 6 heteroatoms. The van der Waals surface area contributed by atoms with Gasteiger partial charge in [-0.05, 0) is 26.3 Å². The summed E-state index contributed by atoms with van der Waals surface area (Å²) in [7, 11) is 0.0236. The summed E-state index contributed by atoms with van der Waals surface area (Å²) in [6.45, 7) is 3.20. The van der Waals surface area contributed by atoms with Crippen molar-refractivity contribution in [2.24, 2.45) is 0 Å². The minimum atomic E-state index is -3.17. The van der Waals surface area contributed by atoms with Gasteiger partial charge in [0.2, 0.25) is 10.0 Å². The van der Waals surface area contributed by atoms with E-state index in [2.05, 4.69) is 5.32 Å². The first-order chi connectivity index (χ1) is 7.47. The second kappa shape index (κ2) is 5.95. The van der Waals surface area contributed by atoms with E-state index in [0.717, 1.165) is 19.4 Å². The van der Waals surface area contributed by atoms with Crippen LogP contribution in [0.1, 0.15) is 19.8 Å². The maximum atomic E-state index is 12.0. The first-order valence-electron chi connectivity index (χ1n) is 5.65. The molecule has 0 radical (unpaired) electrons. The van der Waals surface area contributed by atoms with Crippen molar-refractivity contribution in [2.45, 2.75) is 31.8 Å². The zero-order chi connectivity index (χ0) is 12.2. The summed E-state index contributed by atoms with van der Waals surface area (Å²) in [6, 6.07) is -0.00130. The highest BCUT2D eigenvalue weighted by Crippen LogP contribution is 2.12. The Labute approximate surface area is 98.2 Å². The number of nitrogens with one attached hydrogen (secondary N) is 1. The third-order valence-corrected chi connectivity index (χ3v) is 5.10. The van der Waals surface area contributed by atoms with Crippen molar-refractivity contribution in [3.63, 3.8) is 0 Å². The molecular formula is C10H22N2O3S. The van der Waals surface area contributed by atoms with E-state index in [4.69, 9.17) is 4.74 Å². The molecule has 0 aromatic rings. The minimum absolute atomic E-state index is 0.113. The van der Waals surface area contributed by atoms with Crippen LogP contribution in [-0.4, -0.2) is 57.9 Å². The largest absolute Gasteiger partial charge is 0.383 e. The van der Waals surface area contributed by atoms with Gasteiger partial charge in [-0.2, -0.15) is 4.31 Å². The normalized spacial score (nSPS) is 23.9. The summed E-state index contributed by atoms with van der Waals surface area (Å²) in [6.07, 6.45) is 2.02. The van der Waals surface area contributed by atoms with Crippen LogP contribution in [0.2, 0.25) is 0 Å². The first-order valence-corrected chi connectivity index (χ1v) is 7.26. The Morgan fingerprint density at radius 1 is 1.56 bits per heavy atom. The van der Waals surface area contributed by atoms with E-state index < -0.39 is 10.0 Å². The summed E-state index contributed by atoms with van der Waals surface area (Å²) in [4.78, 5) is 0. The number of hydrogen-bond donors (Lipinski definition) is 1. The molecule has 5 nitrogen and oxygen atoms in total. The van der Waals surface area contributed by atoms with Gasteiger partial charge in [-0.3, -0.25) is 0 Å². The van der Waals surface area contributed by atoms with Crippen LogP contribution in [-0.2, 0) is 14.8 Å². The molecule has 96 valence electrons. The second-order valence-electron chi connectivity index (χ2n) is 4.39. The van der Waals surface area contributed by atoms with Crippen LogP contribution >= 0.6 is 0 Å². The first kappa shape index (κ1) is 13.9. The molecule has 16 heavy (non-hydrogen) atoms. The van der Waals surface area contributed by atoms with Crippen molar-refractivity contribution in [1.82, 2.24) is 9.62 Å². The Hall–Kier alpha value is -0.170. The maximum absolute atomic E-state index is 12.0. The summed E-state index contributed by atoms with van der Waals surface area (Å²) in [5, 5.41) is 3.20. The Bertz CT molecular complexity index is 299. The molecule has 0 spiro atoms. The van der Waals surface area contributed by atoms with E-state index in [1.807, 2.05) is 6.92 Å². The summed E-state index contributed by atoms with van der Waals surface area (Å²) >= 11 is 0. The van der Waals surface area contributed by atoms with Crippen molar-refractivity contribution >= 4 is 10.0 Å². The number of ether oxygens (including phenoxy) is 1. The van der Waals surface area contributed by atoms with Crippen LogP contribution in [0.3, 0.4) is 0 Å². The monoisotopic (exact) mass is 250 g/mol. The van der Waals surface area contributed by atoms with E-state index in [-0.39, 0.29) is 17.8 Å². The fourth-order valence-electron chi connectivity index (χ4n) is 1.89. The Morgan fingerprint density at radius 3 is 2.75 bits per heavy atom. The fraction of sp³-hybridized carbons (Fsp3) is 1.00. The van der Waals surface area contributed by atoms with Gasteiger partial charge in [0, 0.05) is 26.2 Å². The summed E-state index contributed by atoms with van der Waals surface area (Å²) in [5.74, 6) is 0.192. The zero-order valence-corrected chi connectivity index (χ0v) is 11.1. The Morgan fingerprint density at radius 2 is 2.25 bits per heavy atom. The summed E-state index contributed by atoms with van der Waals surface area (Å²) < 4.78 is 30.4. The molecule has 0 aliphatic carbocycles. The Balaban J connectivity index is 2.54. The molecule has 0 aromatic heterocycles. The molecule has 0 saturated carbocycles. The highest BCUT2D eigenvalue weighted by molar-refractivity contribution is 7.89. The third-order valence-electron chi connectivity index (χ3n) is 3.04. The molecule has 2 unspecified atom stereocenters. The lowest BCUT2D eigenvalue weighted by molar-refractivity contribution is 0.149. The molecular weight excluding hydrogens is 228 g/mol. The van der Waals surface area contributed by atoms with Crippen LogP contribution in [0.25, 0.3) is 0 Å². The molecule has 1 saturated heterocycles. The van der Waals surface area contributed by atoms with Crippen LogP contribution in [0.4, 0.5) is 0 Å². The summed E-state index contributed by atoms with van der Waals surface area (Å²) in [5.41, 5.74) is 0. The van der Waals surface area contributed by atoms with Gasteiger partial charge in [0.25, 0.3) is 0 Å². The van der Waals surface area contributed by atoms with Crippen LogP contribution in [0.15, 0.2) is 0 Å². The SMILES string of the molecule is COCC(C)N(C)S(=O)(=O)CC1CCCN1. The van der Waals surface area contributed by atoms with Gasteiger partial charge in [0.05, 0.1) is 12.4 Å². The van der Waals surface area contributed by atoms with Gasteiger partial charge in [-0.15, -0.1) is 0 Å². The topological polar surface area (TPSA) is 58.6 Å². The quantitative estimate of drug-likeness (QED) is 0.723. The third kappa shape index (κ3) is 3.69. The number of hydrogen-bond acceptors (Lipinski definition) is 4. The number of nitrogens with zero attached hydrogens (tertiary/aromatic N) is 1. The number of sulfonamides is 1. The number of rotatable bonds is 6. The van der Waals surface area contributed by atoms with Gasteiger partial charge in [0.15, 0.2) is 0 Å². The minimum Gasteiger partial charge on any atom is -0.383 e. The molecule has 1 aliphatic heterocycles. The van der Waals surface area contributed by atoms with Gasteiger partial charge in [-0.1, -0.05) is 0 Å². The molecule has 0 amide bonds. The predicted molar refractivity (Wildman–Crippen MR) is 63.9 cm³/mol. The maximum Gasteiger partial charge on any atom is 0.215 e. The molecule has 1 aliphatic rings. The van der Waals surface area contributed by atoms with Crippen molar-refractivity contribution in [2.75, 3.05) is 33.1 Å². The highest BCUT2D eigenvalue weighted by atomic mass is 32.2. The smallest absolute Gasteiger partial charge is 0.215 e. The standard InChI is InChI=1S/C10H22N2O3S/c1-9(7-15-3)12(2)16(13,14)8-10-5-4-6-11-10/h9-11H,4-8H2,1-3H3. The molecule has 0 bridgehead atoms. The van der Waals surface area contributed by atoms with Gasteiger partial charge in [0.1, 0.15) is 0 Å². The molecule has 0 aromatic carbocycles. The van der Waals surface area contributed by atoms with Crippen molar-refractivity contribution < 1.29 is 13.2 Å². The fourth-order valence-corrected chi connectivity index (χ4v) is 3.53. The Kier molecular flexibility index (Phi) is 5.17.